The van der Waals surface area contributed by atoms with Crippen molar-refractivity contribution in [3.63, 3.8) is 0 Å². The minimum Gasteiger partial charge on any atom is -0.508 e. The first-order valence-electron chi connectivity index (χ1n) is 5.87. The number of fused-ring (bicyclic) bond motifs is 1. The summed E-state index contributed by atoms with van der Waals surface area (Å²) >= 11 is 0. The van der Waals surface area contributed by atoms with Gasteiger partial charge in [-0.25, -0.2) is 0 Å². The Morgan fingerprint density at radius 1 is 1.00 bits per heavy atom. The zero-order chi connectivity index (χ0) is 12.5. The van der Waals surface area contributed by atoms with Crippen molar-refractivity contribution in [2.75, 3.05) is 0 Å². The lowest BCUT2D eigenvalue weighted by Gasteiger charge is -1.97. The molecule has 0 saturated heterocycles. The van der Waals surface area contributed by atoms with Crippen LogP contribution in [0.15, 0.2) is 54.1 Å². The third-order valence-corrected chi connectivity index (χ3v) is 3.20. The lowest BCUT2D eigenvalue weighted by atomic mass is 10.1. The molecule has 0 heterocycles. The van der Waals surface area contributed by atoms with Crippen LogP contribution in [-0.4, -0.2) is 10.9 Å². The Bertz CT molecular complexity index is 639. The number of ketones is 1. The van der Waals surface area contributed by atoms with Gasteiger partial charge in [0.05, 0.1) is 0 Å². The highest BCUT2D eigenvalue weighted by Gasteiger charge is 2.26. The third-order valence-electron chi connectivity index (χ3n) is 3.20. The number of carbonyl (C=O) groups is 1. The number of hydrogen-bond acceptors (Lipinski definition) is 2. The van der Waals surface area contributed by atoms with Gasteiger partial charge in [0.1, 0.15) is 5.75 Å². The van der Waals surface area contributed by atoms with E-state index in [0.29, 0.717) is 12.0 Å². The Hall–Kier alpha value is -2.35. The molecule has 0 aromatic heterocycles. The zero-order valence-electron chi connectivity index (χ0n) is 9.76. The van der Waals surface area contributed by atoms with E-state index in [-0.39, 0.29) is 11.5 Å². The number of Topliss-reactive ketones (excluding diaryl/α,β-unsaturated/α-hetero) is 1. The predicted molar refractivity (Wildman–Crippen MR) is 70.6 cm³/mol. The fourth-order valence-corrected chi connectivity index (χ4v) is 2.28. The van der Waals surface area contributed by atoms with Gasteiger partial charge in [0, 0.05) is 23.1 Å². The second-order valence-corrected chi connectivity index (χ2v) is 4.39. The number of hydrogen-bond donors (Lipinski definition) is 1. The smallest absolute Gasteiger partial charge is 0.189 e. The molecular formula is C16H12O2. The summed E-state index contributed by atoms with van der Waals surface area (Å²) in [4.78, 5) is 12.2. The van der Waals surface area contributed by atoms with Gasteiger partial charge < -0.3 is 5.11 Å². The first-order valence-corrected chi connectivity index (χ1v) is 5.87. The van der Waals surface area contributed by atoms with Crippen LogP contribution < -0.4 is 0 Å². The van der Waals surface area contributed by atoms with E-state index in [1.54, 1.807) is 18.2 Å². The van der Waals surface area contributed by atoms with Gasteiger partial charge in [-0.1, -0.05) is 42.5 Å². The molecule has 0 radical (unpaired) electrons. The number of carbonyl (C=O) groups excluding carboxylic acids is 1. The monoisotopic (exact) mass is 236 g/mol. The maximum Gasteiger partial charge on any atom is 0.189 e. The molecule has 2 heteroatoms. The van der Waals surface area contributed by atoms with Crippen molar-refractivity contribution in [1.29, 1.82) is 0 Å². The van der Waals surface area contributed by atoms with E-state index < -0.39 is 0 Å². The number of aromatic hydroxyl groups is 1. The SMILES string of the molecule is O=C1/C(=C\c2ccccc2)Cc2c(O)cccc21. The summed E-state index contributed by atoms with van der Waals surface area (Å²) in [5, 5.41) is 9.75. The molecule has 2 nitrogen and oxygen atoms in total. The summed E-state index contributed by atoms with van der Waals surface area (Å²) in [6, 6.07) is 14.8. The largest absolute Gasteiger partial charge is 0.508 e. The van der Waals surface area contributed by atoms with Gasteiger partial charge in [0.15, 0.2) is 5.78 Å². The number of phenolic OH excluding ortho intramolecular Hbond substituents is 1. The van der Waals surface area contributed by atoms with Crippen molar-refractivity contribution in [3.05, 3.63) is 70.8 Å². The Morgan fingerprint density at radius 3 is 2.50 bits per heavy atom. The molecule has 0 atom stereocenters. The fourth-order valence-electron chi connectivity index (χ4n) is 2.28. The van der Waals surface area contributed by atoms with E-state index in [1.165, 1.54) is 0 Å². The molecule has 0 aliphatic heterocycles. The molecule has 3 rings (SSSR count). The molecule has 0 fully saturated rings. The predicted octanol–water partition coefficient (Wildman–Crippen LogP) is 3.21. The first kappa shape index (κ1) is 10.8. The Balaban J connectivity index is 2.03. The van der Waals surface area contributed by atoms with Crippen LogP contribution in [0.4, 0.5) is 0 Å². The summed E-state index contributed by atoms with van der Waals surface area (Å²) < 4.78 is 0. The zero-order valence-corrected chi connectivity index (χ0v) is 9.76. The molecule has 1 aliphatic carbocycles. The summed E-state index contributed by atoms with van der Waals surface area (Å²) in [5.41, 5.74) is 3.10. The minimum atomic E-state index is 0.0183. The standard InChI is InChI=1S/C16H12O2/c17-15-8-4-7-13-14(15)10-12(16(13)18)9-11-5-2-1-3-6-11/h1-9,17H,10H2/b12-9-. The number of phenols is 1. The maximum absolute atomic E-state index is 12.2. The summed E-state index contributed by atoms with van der Waals surface area (Å²) in [6.07, 6.45) is 2.40. The van der Waals surface area contributed by atoms with Gasteiger partial charge in [-0.3, -0.25) is 4.79 Å². The van der Waals surface area contributed by atoms with Crippen LogP contribution in [0.5, 0.6) is 5.75 Å². The molecule has 1 aliphatic rings. The normalized spacial score (nSPS) is 16.0. The molecular weight excluding hydrogens is 224 g/mol. The lowest BCUT2D eigenvalue weighted by Crippen LogP contribution is -1.94. The van der Waals surface area contributed by atoms with Gasteiger partial charge in [-0.2, -0.15) is 0 Å². The van der Waals surface area contributed by atoms with E-state index in [4.69, 9.17) is 0 Å². The van der Waals surface area contributed by atoms with Crippen LogP contribution in [0.3, 0.4) is 0 Å². The fraction of sp³-hybridized carbons (Fsp3) is 0.0625. The summed E-state index contributed by atoms with van der Waals surface area (Å²) in [7, 11) is 0. The van der Waals surface area contributed by atoms with Crippen LogP contribution >= 0.6 is 0 Å². The average molecular weight is 236 g/mol. The minimum absolute atomic E-state index is 0.0183. The van der Waals surface area contributed by atoms with Crippen LogP contribution in [0.2, 0.25) is 0 Å². The Kier molecular flexibility index (Phi) is 2.49. The highest BCUT2D eigenvalue weighted by Crippen LogP contribution is 2.33. The summed E-state index contributed by atoms with van der Waals surface area (Å²) in [5.74, 6) is 0.224. The van der Waals surface area contributed by atoms with Crippen LogP contribution in [-0.2, 0) is 6.42 Å². The maximum atomic E-state index is 12.2. The van der Waals surface area contributed by atoms with Crippen molar-refractivity contribution in [1.82, 2.24) is 0 Å². The second-order valence-electron chi connectivity index (χ2n) is 4.39. The molecule has 0 spiro atoms. The molecule has 18 heavy (non-hydrogen) atoms. The lowest BCUT2D eigenvalue weighted by molar-refractivity contribution is 0.104. The quantitative estimate of drug-likeness (QED) is 0.772. The molecule has 0 unspecified atom stereocenters. The van der Waals surface area contributed by atoms with Gasteiger partial charge in [-0.15, -0.1) is 0 Å². The molecule has 2 aromatic rings. The van der Waals surface area contributed by atoms with Crippen LogP contribution in [0.1, 0.15) is 21.5 Å². The first-order chi connectivity index (χ1) is 8.75. The highest BCUT2D eigenvalue weighted by molar-refractivity contribution is 6.16. The molecule has 2 aromatic carbocycles. The number of rotatable bonds is 1. The molecule has 0 saturated carbocycles. The third kappa shape index (κ3) is 1.72. The van der Waals surface area contributed by atoms with Crippen molar-refractivity contribution in [2.24, 2.45) is 0 Å². The molecule has 88 valence electrons. The number of allylic oxidation sites excluding steroid dienone is 1. The van der Waals surface area contributed by atoms with Crippen LogP contribution in [0.25, 0.3) is 6.08 Å². The van der Waals surface area contributed by atoms with Gasteiger partial charge in [-0.05, 0) is 17.7 Å². The van der Waals surface area contributed by atoms with E-state index in [2.05, 4.69) is 0 Å². The molecule has 0 bridgehead atoms. The Morgan fingerprint density at radius 2 is 1.78 bits per heavy atom. The van der Waals surface area contributed by atoms with E-state index >= 15 is 0 Å². The van der Waals surface area contributed by atoms with Gasteiger partial charge in [0.2, 0.25) is 0 Å². The van der Waals surface area contributed by atoms with E-state index in [9.17, 15) is 9.90 Å². The Labute approximate surface area is 105 Å². The summed E-state index contributed by atoms with van der Waals surface area (Å²) in [6.45, 7) is 0. The van der Waals surface area contributed by atoms with Crippen molar-refractivity contribution < 1.29 is 9.90 Å². The molecule has 1 N–H and O–H groups in total. The average Bonchev–Trinajstić information content (AvgIpc) is 2.70. The van der Waals surface area contributed by atoms with Crippen molar-refractivity contribution in [2.45, 2.75) is 6.42 Å². The van der Waals surface area contributed by atoms with Gasteiger partial charge in [0.25, 0.3) is 0 Å². The van der Waals surface area contributed by atoms with E-state index in [1.807, 2.05) is 36.4 Å². The van der Waals surface area contributed by atoms with Gasteiger partial charge >= 0.3 is 0 Å². The second kappa shape index (κ2) is 4.15. The number of benzene rings is 2. The van der Waals surface area contributed by atoms with E-state index in [0.717, 1.165) is 16.7 Å². The van der Waals surface area contributed by atoms with Crippen molar-refractivity contribution >= 4 is 11.9 Å². The topological polar surface area (TPSA) is 37.3 Å². The molecule has 0 amide bonds. The van der Waals surface area contributed by atoms with Crippen molar-refractivity contribution in [3.8, 4) is 5.75 Å². The highest BCUT2D eigenvalue weighted by atomic mass is 16.3. The van der Waals surface area contributed by atoms with Crippen LogP contribution in [0, 0.1) is 0 Å².